The van der Waals surface area contributed by atoms with Gasteiger partial charge >= 0.3 is 0 Å². The molecule has 0 fully saturated rings. The lowest BCUT2D eigenvalue weighted by molar-refractivity contribution is 0.0951. The minimum atomic E-state index is -3.39. The molecule has 1 aromatic heterocycles. The molecular weight excluding hydrogens is 366 g/mol. The molecule has 0 aliphatic carbocycles. The van der Waals surface area contributed by atoms with E-state index in [1.54, 1.807) is 29.2 Å². The molecule has 2 aromatic carbocycles. The molecule has 0 radical (unpaired) electrons. The topological polar surface area (TPSA) is 106 Å². The van der Waals surface area contributed by atoms with Crippen molar-refractivity contribution >= 4 is 21.6 Å². The number of amides is 1. The molecule has 0 aliphatic heterocycles. The Morgan fingerprint density at radius 2 is 1.85 bits per heavy atom. The largest absolute Gasteiger partial charge is 0.348 e. The molecule has 0 unspecified atom stereocenters. The zero-order chi connectivity index (χ0) is 19.3. The molecule has 0 spiro atoms. The van der Waals surface area contributed by atoms with Crippen molar-refractivity contribution in [1.29, 1.82) is 0 Å². The first-order valence-corrected chi connectivity index (χ1v) is 10.0. The van der Waals surface area contributed by atoms with Crippen LogP contribution < -0.4 is 10.0 Å². The predicted octanol–water partition coefficient (Wildman–Crippen LogP) is 1.63. The summed E-state index contributed by atoms with van der Waals surface area (Å²) in [5.41, 5.74) is 2.76. The number of hydrogen-bond acceptors (Lipinski definition) is 5. The SMILES string of the molecule is CS(=O)(=O)Nc1cccc(C(=O)NCc2ccc(Cn3cncn3)cc2)c1. The van der Waals surface area contributed by atoms with Gasteiger partial charge in [0.15, 0.2) is 0 Å². The molecule has 8 nitrogen and oxygen atoms in total. The minimum absolute atomic E-state index is 0.279. The molecule has 9 heteroatoms. The molecule has 0 aliphatic rings. The summed E-state index contributed by atoms with van der Waals surface area (Å²) < 4.78 is 26.7. The minimum Gasteiger partial charge on any atom is -0.348 e. The van der Waals surface area contributed by atoms with Gasteiger partial charge in [-0.15, -0.1) is 0 Å². The zero-order valence-corrected chi connectivity index (χ0v) is 15.5. The average molecular weight is 385 g/mol. The molecule has 2 N–H and O–H groups in total. The fourth-order valence-corrected chi connectivity index (χ4v) is 3.04. The van der Waals surface area contributed by atoms with Crippen LogP contribution in [0.1, 0.15) is 21.5 Å². The standard InChI is InChI=1S/C18H19N5O3S/c1-27(25,26)22-17-4-2-3-16(9-17)18(24)20-10-14-5-7-15(8-6-14)11-23-13-19-12-21-23/h2-9,12-13,22H,10-11H2,1H3,(H,20,24). The highest BCUT2D eigenvalue weighted by Gasteiger charge is 2.08. The maximum atomic E-state index is 12.3. The van der Waals surface area contributed by atoms with Gasteiger partial charge in [-0.25, -0.2) is 18.1 Å². The lowest BCUT2D eigenvalue weighted by Gasteiger charge is -2.09. The van der Waals surface area contributed by atoms with Gasteiger partial charge in [-0.05, 0) is 29.3 Å². The summed E-state index contributed by atoms with van der Waals surface area (Å²) in [6, 6.07) is 14.2. The number of benzene rings is 2. The molecule has 0 saturated heterocycles. The highest BCUT2D eigenvalue weighted by Crippen LogP contribution is 2.12. The first-order valence-electron chi connectivity index (χ1n) is 8.15. The van der Waals surface area contributed by atoms with E-state index < -0.39 is 10.0 Å². The second-order valence-electron chi connectivity index (χ2n) is 6.05. The van der Waals surface area contributed by atoms with E-state index in [0.717, 1.165) is 17.4 Å². The third-order valence-corrected chi connectivity index (χ3v) is 4.32. The van der Waals surface area contributed by atoms with Gasteiger partial charge in [-0.1, -0.05) is 30.3 Å². The molecular formula is C18H19N5O3S. The van der Waals surface area contributed by atoms with Gasteiger partial charge in [-0.3, -0.25) is 9.52 Å². The van der Waals surface area contributed by atoms with Crippen LogP contribution in [0.2, 0.25) is 0 Å². The van der Waals surface area contributed by atoms with Crippen LogP contribution in [0.3, 0.4) is 0 Å². The second kappa shape index (κ2) is 8.00. The van der Waals surface area contributed by atoms with Crippen molar-refractivity contribution in [3.8, 4) is 0 Å². The van der Waals surface area contributed by atoms with Crippen LogP contribution in [0.5, 0.6) is 0 Å². The molecule has 0 bridgehead atoms. The molecule has 27 heavy (non-hydrogen) atoms. The average Bonchev–Trinajstić information content (AvgIpc) is 3.13. The highest BCUT2D eigenvalue weighted by atomic mass is 32.2. The van der Waals surface area contributed by atoms with Crippen molar-refractivity contribution in [3.63, 3.8) is 0 Å². The molecule has 0 atom stereocenters. The normalized spacial score (nSPS) is 11.1. The Bertz CT molecular complexity index is 1020. The summed E-state index contributed by atoms with van der Waals surface area (Å²) in [7, 11) is -3.39. The molecule has 140 valence electrons. The van der Waals surface area contributed by atoms with Gasteiger partial charge in [-0.2, -0.15) is 5.10 Å². The van der Waals surface area contributed by atoms with E-state index in [9.17, 15) is 13.2 Å². The van der Waals surface area contributed by atoms with Crippen LogP contribution in [-0.2, 0) is 23.1 Å². The van der Waals surface area contributed by atoms with Crippen molar-refractivity contribution in [1.82, 2.24) is 20.1 Å². The van der Waals surface area contributed by atoms with Crippen molar-refractivity contribution in [2.45, 2.75) is 13.1 Å². The first kappa shape index (κ1) is 18.6. The van der Waals surface area contributed by atoms with E-state index in [1.807, 2.05) is 24.3 Å². The molecule has 1 amide bonds. The van der Waals surface area contributed by atoms with Crippen LogP contribution in [0.25, 0.3) is 0 Å². The van der Waals surface area contributed by atoms with Gasteiger partial charge in [0.25, 0.3) is 5.91 Å². The molecule has 3 rings (SSSR count). The Labute approximate surface area is 157 Å². The van der Waals surface area contributed by atoms with Gasteiger partial charge < -0.3 is 5.32 Å². The maximum Gasteiger partial charge on any atom is 0.251 e. The van der Waals surface area contributed by atoms with E-state index in [4.69, 9.17) is 0 Å². The highest BCUT2D eigenvalue weighted by molar-refractivity contribution is 7.92. The Hall–Kier alpha value is -3.20. The number of nitrogens with one attached hydrogen (secondary N) is 2. The number of sulfonamides is 1. The Balaban J connectivity index is 1.58. The van der Waals surface area contributed by atoms with Crippen LogP contribution in [0.15, 0.2) is 61.2 Å². The summed E-state index contributed by atoms with van der Waals surface area (Å²) >= 11 is 0. The number of carbonyl (C=O) groups is 1. The summed E-state index contributed by atoms with van der Waals surface area (Å²) in [6.07, 6.45) is 4.21. The number of anilines is 1. The van der Waals surface area contributed by atoms with E-state index in [-0.39, 0.29) is 5.91 Å². The van der Waals surface area contributed by atoms with Gasteiger partial charge in [0.05, 0.1) is 12.8 Å². The van der Waals surface area contributed by atoms with E-state index in [1.165, 1.54) is 12.4 Å². The van der Waals surface area contributed by atoms with Crippen LogP contribution in [-0.4, -0.2) is 35.3 Å². The lowest BCUT2D eigenvalue weighted by Crippen LogP contribution is -2.23. The fourth-order valence-electron chi connectivity index (χ4n) is 2.49. The monoisotopic (exact) mass is 385 g/mol. The van der Waals surface area contributed by atoms with Gasteiger partial charge in [0.1, 0.15) is 12.7 Å². The van der Waals surface area contributed by atoms with Crippen molar-refractivity contribution in [2.24, 2.45) is 0 Å². The Kier molecular flexibility index (Phi) is 5.51. The quantitative estimate of drug-likeness (QED) is 0.643. The summed E-state index contributed by atoms with van der Waals surface area (Å²) in [6.45, 7) is 0.999. The number of hydrogen-bond donors (Lipinski definition) is 2. The number of nitrogens with zero attached hydrogens (tertiary/aromatic N) is 3. The summed E-state index contributed by atoms with van der Waals surface area (Å²) in [5.74, 6) is -0.279. The van der Waals surface area contributed by atoms with Gasteiger partial charge in [0.2, 0.25) is 10.0 Å². The number of rotatable bonds is 7. The van der Waals surface area contributed by atoms with E-state index in [2.05, 4.69) is 20.1 Å². The zero-order valence-electron chi connectivity index (χ0n) is 14.7. The molecule has 1 heterocycles. The van der Waals surface area contributed by atoms with Crippen molar-refractivity contribution in [3.05, 3.63) is 77.9 Å². The maximum absolute atomic E-state index is 12.3. The van der Waals surface area contributed by atoms with Crippen LogP contribution in [0, 0.1) is 0 Å². The summed E-state index contributed by atoms with van der Waals surface area (Å²) in [5, 5.41) is 6.89. The van der Waals surface area contributed by atoms with E-state index in [0.29, 0.717) is 24.3 Å². The fraction of sp³-hybridized carbons (Fsp3) is 0.167. The number of carbonyl (C=O) groups excluding carboxylic acids is 1. The Morgan fingerprint density at radius 1 is 1.11 bits per heavy atom. The second-order valence-corrected chi connectivity index (χ2v) is 7.80. The first-order chi connectivity index (χ1) is 12.9. The van der Waals surface area contributed by atoms with Crippen molar-refractivity contribution in [2.75, 3.05) is 11.0 Å². The summed E-state index contributed by atoms with van der Waals surface area (Å²) in [4.78, 5) is 16.2. The smallest absolute Gasteiger partial charge is 0.251 e. The third kappa shape index (κ3) is 5.65. The van der Waals surface area contributed by atoms with Gasteiger partial charge in [0, 0.05) is 17.8 Å². The third-order valence-electron chi connectivity index (χ3n) is 3.72. The predicted molar refractivity (Wildman–Crippen MR) is 102 cm³/mol. The molecule has 3 aromatic rings. The Morgan fingerprint density at radius 3 is 2.52 bits per heavy atom. The molecule has 0 saturated carbocycles. The van der Waals surface area contributed by atoms with Crippen LogP contribution in [0.4, 0.5) is 5.69 Å². The van der Waals surface area contributed by atoms with E-state index >= 15 is 0 Å². The van der Waals surface area contributed by atoms with Crippen molar-refractivity contribution < 1.29 is 13.2 Å². The van der Waals surface area contributed by atoms with Crippen LogP contribution >= 0.6 is 0 Å². The number of aromatic nitrogens is 3. The lowest BCUT2D eigenvalue weighted by atomic mass is 10.1.